The molecule has 3 nitrogen and oxygen atoms in total. The van der Waals surface area contributed by atoms with Crippen LogP contribution < -0.4 is 5.32 Å². The van der Waals surface area contributed by atoms with Gasteiger partial charge in [-0.3, -0.25) is 0 Å². The summed E-state index contributed by atoms with van der Waals surface area (Å²) in [6.45, 7) is 6.20. The van der Waals surface area contributed by atoms with Crippen molar-refractivity contribution in [2.45, 2.75) is 43.3 Å². The van der Waals surface area contributed by atoms with E-state index < -0.39 is 0 Å². The van der Waals surface area contributed by atoms with Crippen LogP contribution in [0.4, 0.5) is 0 Å². The normalized spacial score (nSPS) is 12.4. The molecule has 0 fully saturated rings. The largest absolute Gasteiger partial charge is 0.313 e. The van der Waals surface area contributed by atoms with Crippen LogP contribution in [0, 0.1) is 13.8 Å². The Morgan fingerprint density at radius 3 is 2.40 bits per heavy atom. The standard InChI is InChI=1S/C16H21N3S/c1-5-14(17-4)13-8-6-7-9-15(13)20-16-18-11(2)10-12(3)19-16/h6-10,14,17H,5H2,1-4H3. The highest BCUT2D eigenvalue weighted by atomic mass is 32.2. The second kappa shape index (κ2) is 6.86. The minimum Gasteiger partial charge on any atom is -0.313 e. The highest BCUT2D eigenvalue weighted by Crippen LogP contribution is 2.32. The molecule has 0 saturated heterocycles. The third kappa shape index (κ3) is 3.58. The molecule has 0 aliphatic carbocycles. The zero-order valence-electron chi connectivity index (χ0n) is 12.5. The van der Waals surface area contributed by atoms with E-state index in [1.54, 1.807) is 11.8 Å². The number of hydrogen-bond acceptors (Lipinski definition) is 4. The molecule has 1 N–H and O–H groups in total. The summed E-state index contributed by atoms with van der Waals surface area (Å²) < 4.78 is 0. The number of nitrogens with one attached hydrogen (secondary N) is 1. The van der Waals surface area contributed by atoms with Crippen molar-refractivity contribution in [1.82, 2.24) is 15.3 Å². The summed E-state index contributed by atoms with van der Waals surface area (Å²) in [4.78, 5) is 10.2. The van der Waals surface area contributed by atoms with Gasteiger partial charge in [0.15, 0.2) is 5.16 Å². The summed E-state index contributed by atoms with van der Waals surface area (Å²) in [6.07, 6.45) is 1.06. The van der Waals surface area contributed by atoms with Crippen molar-refractivity contribution < 1.29 is 0 Å². The molecule has 1 unspecified atom stereocenters. The van der Waals surface area contributed by atoms with E-state index in [9.17, 15) is 0 Å². The number of rotatable bonds is 5. The molecule has 0 aliphatic rings. The second-order valence-corrected chi connectivity index (χ2v) is 5.83. The van der Waals surface area contributed by atoms with Crippen LogP contribution in [-0.2, 0) is 0 Å². The number of aromatic nitrogens is 2. The average Bonchev–Trinajstić information content (AvgIpc) is 2.41. The summed E-state index contributed by atoms with van der Waals surface area (Å²) >= 11 is 1.64. The predicted octanol–water partition coefficient (Wildman–Crippen LogP) is 3.92. The third-order valence-corrected chi connectivity index (χ3v) is 4.17. The van der Waals surface area contributed by atoms with Gasteiger partial charge in [0.05, 0.1) is 0 Å². The molecule has 0 radical (unpaired) electrons. The van der Waals surface area contributed by atoms with Gasteiger partial charge in [-0.25, -0.2) is 9.97 Å². The Hall–Kier alpha value is -1.39. The van der Waals surface area contributed by atoms with Crippen LogP contribution in [0.15, 0.2) is 40.4 Å². The summed E-state index contributed by atoms with van der Waals surface area (Å²) in [5.74, 6) is 0. The molecular formula is C16H21N3S. The molecule has 0 spiro atoms. The molecule has 0 saturated carbocycles. The van der Waals surface area contributed by atoms with Gasteiger partial charge in [-0.2, -0.15) is 0 Å². The van der Waals surface area contributed by atoms with E-state index in [1.165, 1.54) is 10.5 Å². The first-order chi connectivity index (χ1) is 9.63. The molecule has 1 atom stereocenters. The van der Waals surface area contributed by atoms with E-state index in [4.69, 9.17) is 0 Å². The van der Waals surface area contributed by atoms with Gasteiger partial charge in [0, 0.05) is 22.3 Å². The topological polar surface area (TPSA) is 37.8 Å². The lowest BCUT2D eigenvalue weighted by Gasteiger charge is -2.17. The Bertz CT molecular complexity index is 559. The van der Waals surface area contributed by atoms with E-state index in [-0.39, 0.29) is 0 Å². The van der Waals surface area contributed by atoms with Crippen molar-refractivity contribution in [2.75, 3.05) is 7.05 Å². The van der Waals surface area contributed by atoms with Gasteiger partial charge in [0.25, 0.3) is 0 Å². The Morgan fingerprint density at radius 2 is 1.80 bits per heavy atom. The van der Waals surface area contributed by atoms with E-state index in [0.29, 0.717) is 6.04 Å². The SMILES string of the molecule is CCC(NC)c1ccccc1Sc1nc(C)cc(C)n1. The first-order valence-electron chi connectivity index (χ1n) is 6.90. The second-order valence-electron chi connectivity index (χ2n) is 4.82. The van der Waals surface area contributed by atoms with Gasteiger partial charge in [0.2, 0.25) is 0 Å². The van der Waals surface area contributed by atoms with Crippen molar-refractivity contribution in [1.29, 1.82) is 0 Å². The quantitative estimate of drug-likeness (QED) is 0.846. The van der Waals surface area contributed by atoms with E-state index in [2.05, 4.69) is 46.5 Å². The summed E-state index contributed by atoms with van der Waals surface area (Å²) in [7, 11) is 2.00. The maximum Gasteiger partial charge on any atom is 0.192 e. The molecule has 20 heavy (non-hydrogen) atoms. The van der Waals surface area contributed by atoms with Crippen molar-refractivity contribution in [3.8, 4) is 0 Å². The molecule has 0 amide bonds. The van der Waals surface area contributed by atoms with Crippen molar-refractivity contribution in [2.24, 2.45) is 0 Å². The fourth-order valence-electron chi connectivity index (χ4n) is 2.28. The fourth-order valence-corrected chi connectivity index (χ4v) is 3.33. The maximum atomic E-state index is 4.51. The Balaban J connectivity index is 2.33. The van der Waals surface area contributed by atoms with E-state index in [0.717, 1.165) is 23.0 Å². The minimum atomic E-state index is 0.365. The molecule has 2 aromatic rings. The molecular weight excluding hydrogens is 266 g/mol. The molecule has 0 bridgehead atoms. The first kappa shape index (κ1) is 15.0. The molecule has 106 valence electrons. The van der Waals surface area contributed by atoms with Crippen LogP contribution in [-0.4, -0.2) is 17.0 Å². The number of aryl methyl sites for hydroxylation is 2. The van der Waals surface area contributed by atoms with Gasteiger partial charge in [-0.05, 0) is 56.8 Å². The molecule has 1 heterocycles. The van der Waals surface area contributed by atoms with Crippen molar-refractivity contribution in [3.05, 3.63) is 47.3 Å². The van der Waals surface area contributed by atoms with E-state index >= 15 is 0 Å². The summed E-state index contributed by atoms with van der Waals surface area (Å²) in [5.41, 5.74) is 3.33. The summed E-state index contributed by atoms with van der Waals surface area (Å²) in [6, 6.07) is 10.8. The Kier molecular flexibility index (Phi) is 5.15. The summed E-state index contributed by atoms with van der Waals surface area (Å²) in [5, 5.41) is 4.18. The van der Waals surface area contributed by atoms with Crippen LogP contribution >= 0.6 is 11.8 Å². The lowest BCUT2D eigenvalue weighted by Crippen LogP contribution is -2.15. The Morgan fingerprint density at radius 1 is 1.15 bits per heavy atom. The van der Waals surface area contributed by atoms with Crippen LogP contribution in [0.25, 0.3) is 0 Å². The van der Waals surface area contributed by atoms with Gasteiger partial charge >= 0.3 is 0 Å². The highest BCUT2D eigenvalue weighted by molar-refractivity contribution is 7.99. The average molecular weight is 287 g/mol. The molecule has 4 heteroatoms. The van der Waals surface area contributed by atoms with Crippen molar-refractivity contribution >= 4 is 11.8 Å². The zero-order chi connectivity index (χ0) is 14.5. The lowest BCUT2D eigenvalue weighted by atomic mass is 10.1. The molecule has 0 aliphatic heterocycles. The van der Waals surface area contributed by atoms with Gasteiger partial charge < -0.3 is 5.32 Å². The highest BCUT2D eigenvalue weighted by Gasteiger charge is 2.13. The number of benzene rings is 1. The molecule has 1 aromatic carbocycles. The number of nitrogens with zero attached hydrogens (tertiary/aromatic N) is 2. The van der Waals surface area contributed by atoms with Crippen LogP contribution in [0.5, 0.6) is 0 Å². The van der Waals surface area contributed by atoms with Gasteiger partial charge in [-0.15, -0.1) is 0 Å². The van der Waals surface area contributed by atoms with Crippen LogP contribution in [0.3, 0.4) is 0 Å². The third-order valence-electron chi connectivity index (χ3n) is 3.21. The Labute approximate surface area is 125 Å². The lowest BCUT2D eigenvalue weighted by molar-refractivity contribution is 0.568. The van der Waals surface area contributed by atoms with E-state index in [1.807, 2.05) is 27.0 Å². The van der Waals surface area contributed by atoms with Crippen molar-refractivity contribution in [3.63, 3.8) is 0 Å². The monoisotopic (exact) mass is 287 g/mol. The molecule has 2 rings (SSSR count). The molecule has 1 aromatic heterocycles. The predicted molar refractivity (Wildman–Crippen MR) is 84.2 cm³/mol. The smallest absolute Gasteiger partial charge is 0.192 e. The van der Waals surface area contributed by atoms with Crippen LogP contribution in [0.2, 0.25) is 0 Å². The van der Waals surface area contributed by atoms with Gasteiger partial charge in [-0.1, -0.05) is 25.1 Å². The van der Waals surface area contributed by atoms with Crippen LogP contribution in [0.1, 0.15) is 36.3 Å². The maximum absolute atomic E-state index is 4.51. The number of hydrogen-bond donors (Lipinski definition) is 1. The van der Waals surface area contributed by atoms with Gasteiger partial charge in [0.1, 0.15) is 0 Å². The minimum absolute atomic E-state index is 0.365. The zero-order valence-corrected chi connectivity index (χ0v) is 13.3. The fraction of sp³-hybridized carbons (Fsp3) is 0.375. The first-order valence-corrected chi connectivity index (χ1v) is 7.72.